The number of aromatic nitrogens is 2. The zero-order valence-electron chi connectivity index (χ0n) is 12.0. The first kappa shape index (κ1) is 14.1. The van der Waals surface area contributed by atoms with Crippen LogP contribution in [0.5, 0.6) is 0 Å². The molecule has 2 aliphatic rings. The van der Waals surface area contributed by atoms with Crippen LogP contribution in [0.4, 0.5) is 5.82 Å². The molecule has 0 spiro atoms. The number of nitrogens with two attached hydrogens (primary N) is 1. The van der Waals surface area contributed by atoms with Crippen LogP contribution >= 0.6 is 0 Å². The molecule has 3 rings (SSSR count). The lowest BCUT2D eigenvalue weighted by Crippen LogP contribution is -2.43. The van der Waals surface area contributed by atoms with E-state index in [2.05, 4.69) is 15.3 Å². The number of aromatic amines is 1. The van der Waals surface area contributed by atoms with Gasteiger partial charge in [0.15, 0.2) is 0 Å². The Bertz CT molecular complexity index is 600. The van der Waals surface area contributed by atoms with Gasteiger partial charge in [-0.1, -0.05) is 0 Å². The third-order valence-electron chi connectivity index (χ3n) is 4.63. The lowest BCUT2D eigenvalue weighted by molar-refractivity contribution is -0.121. The molecule has 7 heteroatoms. The summed E-state index contributed by atoms with van der Waals surface area (Å²) in [7, 11) is 1.55. The highest BCUT2D eigenvalue weighted by atomic mass is 16.5. The second-order valence-corrected chi connectivity index (χ2v) is 5.99. The van der Waals surface area contributed by atoms with Gasteiger partial charge in [0.25, 0.3) is 5.56 Å². The van der Waals surface area contributed by atoms with Gasteiger partial charge >= 0.3 is 0 Å². The van der Waals surface area contributed by atoms with E-state index < -0.39 is 0 Å². The fraction of sp³-hybridized carbons (Fsp3) is 0.643. The number of methoxy groups -OCH3 is 1. The molecule has 0 radical (unpaired) electrons. The summed E-state index contributed by atoms with van der Waals surface area (Å²) in [4.78, 5) is 29.8. The van der Waals surface area contributed by atoms with Crippen molar-refractivity contribution >= 4 is 11.7 Å². The number of fused-ring (bicyclic) bond motifs is 1. The van der Waals surface area contributed by atoms with Gasteiger partial charge in [-0.05, 0) is 31.1 Å². The van der Waals surface area contributed by atoms with Crippen molar-refractivity contribution in [2.24, 2.45) is 23.5 Å². The summed E-state index contributed by atoms with van der Waals surface area (Å²) in [5.74, 6) is 1.90. The third kappa shape index (κ3) is 2.78. The molecule has 4 unspecified atom stereocenters. The van der Waals surface area contributed by atoms with Gasteiger partial charge in [0.05, 0.1) is 0 Å². The number of nitrogens with one attached hydrogen (secondary N) is 2. The van der Waals surface area contributed by atoms with Crippen molar-refractivity contribution in [2.45, 2.75) is 31.9 Å². The number of ether oxygens (including phenoxy) is 1. The Morgan fingerprint density at radius 2 is 2.33 bits per heavy atom. The maximum absolute atomic E-state index is 11.6. The van der Waals surface area contributed by atoms with Gasteiger partial charge < -0.3 is 20.8 Å². The van der Waals surface area contributed by atoms with E-state index in [-0.39, 0.29) is 30.0 Å². The summed E-state index contributed by atoms with van der Waals surface area (Å²) in [6.45, 7) is 0.269. The quantitative estimate of drug-likeness (QED) is 0.719. The number of anilines is 1. The normalized spacial score (nSPS) is 30.5. The average molecular weight is 292 g/mol. The molecule has 7 nitrogen and oxygen atoms in total. The van der Waals surface area contributed by atoms with Crippen LogP contribution in [-0.4, -0.2) is 29.0 Å². The molecule has 4 atom stereocenters. The zero-order valence-corrected chi connectivity index (χ0v) is 12.0. The maximum Gasteiger partial charge on any atom is 0.253 e. The average Bonchev–Trinajstić information content (AvgIpc) is 2.74. The van der Waals surface area contributed by atoms with Gasteiger partial charge in [-0.2, -0.15) is 0 Å². The number of hydrogen-bond acceptors (Lipinski definition) is 5. The van der Waals surface area contributed by atoms with Crippen molar-refractivity contribution < 1.29 is 9.53 Å². The van der Waals surface area contributed by atoms with E-state index in [0.717, 1.165) is 19.3 Å². The minimum atomic E-state index is -0.197. The number of rotatable bonds is 5. The SMILES string of the molecule is COCc1nc(NC2CC3CC(C(N)=O)CC32)cc(=O)[nH]1. The molecule has 4 N–H and O–H groups in total. The van der Waals surface area contributed by atoms with Crippen LogP contribution in [0.3, 0.4) is 0 Å². The molecular weight excluding hydrogens is 272 g/mol. The zero-order chi connectivity index (χ0) is 15.0. The standard InChI is InChI=1S/C14H20N4O3/c1-21-6-12-17-11(5-13(19)18-12)16-10-4-7-2-8(14(15)20)3-9(7)10/h5,7-10H,2-4,6H2,1H3,(H2,15,20)(H2,16,17,18,19). The first-order chi connectivity index (χ1) is 10.1. The third-order valence-corrected chi connectivity index (χ3v) is 4.63. The van der Waals surface area contributed by atoms with Gasteiger partial charge in [0.1, 0.15) is 18.2 Å². The van der Waals surface area contributed by atoms with Crippen molar-refractivity contribution in [1.29, 1.82) is 0 Å². The molecule has 114 valence electrons. The number of H-pyrrole nitrogens is 1. The fourth-order valence-corrected chi connectivity index (χ4v) is 3.60. The van der Waals surface area contributed by atoms with E-state index in [4.69, 9.17) is 10.5 Å². The predicted octanol–water partition coefficient (Wildman–Crippen LogP) is 0.228. The molecule has 0 aromatic carbocycles. The Morgan fingerprint density at radius 3 is 3.05 bits per heavy atom. The topological polar surface area (TPSA) is 110 Å². The summed E-state index contributed by atoms with van der Waals surface area (Å²) in [6, 6.07) is 1.72. The van der Waals surface area contributed by atoms with E-state index >= 15 is 0 Å². The van der Waals surface area contributed by atoms with Crippen LogP contribution in [0, 0.1) is 17.8 Å². The largest absolute Gasteiger partial charge is 0.377 e. The fourth-order valence-electron chi connectivity index (χ4n) is 3.60. The van der Waals surface area contributed by atoms with Crippen LogP contribution in [0.15, 0.2) is 10.9 Å². The van der Waals surface area contributed by atoms with Crippen LogP contribution in [0.1, 0.15) is 25.1 Å². The van der Waals surface area contributed by atoms with Crippen molar-refractivity contribution in [1.82, 2.24) is 9.97 Å². The molecule has 1 aromatic heterocycles. The molecular formula is C14H20N4O3. The van der Waals surface area contributed by atoms with Gasteiger partial charge in [-0.3, -0.25) is 9.59 Å². The highest BCUT2D eigenvalue weighted by Gasteiger charge is 2.49. The number of primary amides is 1. The van der Waals surface area contributed by atoms with Gasteiger partial charge in [-0.25, -0.2) is 4.98 Å². The minimum absolute atomic E-state index is 0.00277. The van der Waals surface area contributed by atoms with Gasteiger partial charge in [0.2, 0.25) is 5.91 Å². The van der Waals surface area contributed by atoms with Gasteiger partial charge in [0, 0.05) is 25.1 Å². The second-order valence-electron chi connectivity index (χ2n) is 5.99. The molecule has 21 heavy (non-hydrogen) atoms. The number of amides is 1. The molecule has 2 fully saturated rings. The van der Waals surface area contributed by atoms with Crippen molar-refractivity contribution in [2.75, 3.05) is 12.4 Å². The monoisotopic (exact) mass is 292 g/mol. The van der Waals surface area contributed by atoms with E-state index in [1.54, 1.807) is 7.11 Å². The molecule has 1 aromatic rings. The Hall–Kier alpha value is -1.89. The predicted molar refractivity (Wildman–Crippen MR) is 76.5 cm³/mol. The Labute approximate surface area is 122 Å². The van der Waals surface area contributed by atoms with Crippen molar-refractivity contribution in [3.8, 4) is 0 Å². The van der Waals surface area contributed by atoms with Crippen LogP contribution in [-0.2, 0) is 16.1 Å². The molecule has 1 amide bonds. The lowest BCUT2D eigenvalue weighted by Gasteiger charge is -2.41. The summed E-state index contributed by atoms with van der Waals surface area (Å²) in [5.41, 5.74) is 5.19. The van der Waals surface area contributed by atoms with Crippen LogP contribution < -0.4 is 16.6 Å². The molecule has 0 bridgehead atoms. The lowest BCUT2D eigenvalue weighted by atomic mass is 9.71. The van der Waals surface area contributed by atoms with E-state index in [0.29, 0.717) is 23.5 Å². The smallest absolute Gasteiger partial charge is 0.253 e. The van der Waals surface area contributed by atoms with Crippen molar-refractivity contribution in [3.05, 3.63) is 22.2 Å². The summed E-state index contributed by atoms with van der Waals surface area (Å²) >= 11 is 0. The van der Waals surface area contributed by atoms with Crippen LogP contribution in [0.25, 0.3) is 0 Å². The second kappa shape index (κ2) is 5.48. The number of carbonyl (C=O) groups is 1. The molecule has 2 aliphatic carbocycles. The van der Waals surface area contributed by atoms with Crippen LogP contribution in [0.2, 0.25) is 0 Å². The van der Waals surface area contributed by atoms with E-state index in [1.807, 2.05) is 0 Å². The molecule has 2 saturated carbocycles. The Kier molecular flexibility index (Phi) is 3.67. The molecule has 0 saturated heterocycles. The number of carbonyl (C=O) groups excluding carboxylic acids is 1. The van der Waals surface area contributed by atoms with Crippen molar-refractivity contribution in [3.63, 3.8) is 0 Å². The summed E-state index contributed by atoms with van der Waals surface area (Å²) in [6.07, 6.45) is 2.74. The first-order valence-electron chi connectivity index (χ1n) is 7.22. The van der Waals surface area contributed by atoms with Gasteiger partial charge in [-0.15, -0.1) is 0 Å². The maximum atomic E-state index is 11.6. The van der Waals surface area contributed by atoms with E-state index in [9.17, 15) is 9.59 Å². The number of hydrogen-bond donors (Lipinski definition) is 3. The number of nitrogens with zero attached hydrogens (tertiary/aromatic N) is 1. The minimum Gasteiger partial charge on any atom is -0.377 e. The Morgan fingerprint density at radius 1 is 1.52 bits per heavy atom. The highest BCUT2D eigenvalue weighted by Crippen LogP contribution is 2.50. The summed E-state index contributed by atoms with van der Waals surface area (Å²) in [5, 5.41) is 3.31. The Balaban J connectivity index is 1.66. The summed E-state index contributed by atoms with van der Waals surface area (Å²) < 4.78 is 4.98. The first-order valence-corrected chi connectivity index (χ1v) is 7.22. The highest BCUT2D eigenvalue weighted by molar-refractivity contribution is 5.77. The molecule has 1 heterocycles. The molecule has 0 aliphatic heterocycles. The van der Waals surface area contributed by atoms with E-state index in [1.165, 1.54) is 6.07 Å².